The second kappa shape index (κ2) is 7.85. The summed E-state index contributed by atoms with van der Waals surface area (Å²) in [5.41, 5.74) is 1.38. The summed E-state index contributed by atoms with van der Waals surface area (Å²) < 4.78 is 1.99. The van der Waals surface area contributed by atoms with Gasteiger partial charge in [0, 0.05) is 24.5 Å². The van der Waals surface area contributed by atoms with Crippen molar-refractivity contribution in [3.05, 3.63) is 54.4 Å². The second-order valence-electron chi connectivity index (χ2n) is 5.40. The first kappa shape index (κ1) is 14.8. The largest absolute Gasteiger partial charge is 0.306 e. The minimum absolute atomic E-state index is 0.400. The summed E-state index contributed by atoms with van der Waals surface area (Å²) in [5, 5.41) is 8.02. The summed E-state index contributed by atoms with van der Waals surface area (Å²) in [6, 6.07) is 13.6. The monoisotopic (exact) mass is 271 g/mol. The number of aromatic nitrogens is 2. The number of hydrogen-bond acceptors (Lipinski definition) is 2. The van der Waals surface area contributed by atoms with Crippen LogP contribution < -0.4 is 5.32 Å². The summed E-state index contributed by atoms with van der Waals surface area (Å²) >= 11 is 0. The van der Waals surface area contributed by atoms with Gasteiger partial charge in [-0.15, -0.1) is 0 Å². The minimum Gasteiger partial charge on any atom is -0.306 e. The molecule has 1 N–H and O–H groups in total. The summed E-state index contributed by atoms with van der Waals surface area (Å²) in [6.45, 7) is 5.38. The fourth-order valence-corrected chi connectivity index (χ4v) is 2.53. The van der Waals surface area contributed by atoms with Crippen molar-refractivity contribution in [3.8, 4) is 0 Å². The van der Waals surface area contributed by atoms with E-state index >= 15 is 0 Å². The van der Waals surface area contributed by atoms with E-state index in [-0.39, 0.29) is 0 Å². The smallest absolute Gasteiger partial charge is 0.0560 e. The molecule has 2 rings (SSSR count). The van der Waals surface area contributed by atoms with Crippen molar-refractivity contribution < 1.29 is 0 Å². The maximum absolute atomic E-state index is 4.28. The molecule has 0 radical (unpaired) electrons. The molecule has 1 aromatic heterocycles. The lowest BCUT2D eigenvalue weighted by molar-refractivity contribution is 0.380. The van der Waals surface area contributed by atoms with Crippen molar-refractivity contribution >= 4 is 0 Å². The molecule has 3 heteroatoms. The van der Waals surface area contributed by atoms with Crippen LogP contribution in [0.1, 0.15) is 44.7 Å². The highest BCUT2D eigenvalue weighted by molar-refractivity contribution is 5.18. The quantitative estimate of drug-likeness (QED) is 0.791. The molecule has 3 nitrogen and oxygen atoms in total. The Kier molecular flexibility index (Phi) is 5.81. The summed E-state index contributed by atoms with van der Waals surface area (Å²) in [5.74, 6) is 0. The van der Waals surface area contributed by atoms with Gasteiger partial charge in [-0.25, -0.2) is 0 Å². The Morgan fingerprint density at radius 3 is 2.65 bits per heavy atom. The van der Waals surface area contributed by atoms with Crippen molar-refractivity contribution in [3.63, 3.8) is 0 Å². The summed E-state index contributed by atoms with van der Waals surface area (Å²) in [6.07, 6.45) is 7.52. The molecule has 2 aromatic rings. The van der Waals surface area contributed by atoms with Crippen LogP contribution in [0.4, 0.5) is 0 Å². The third kappa shape index (κ3) is 4.49. The molecular weight excluding hydrogens is 246 g/mol. The number of rotatable bonds is 8. The Hall–Kier alpha value is -1.61. The van der Waals surface area contributed by atoms with Gasteiger partial charge in [-0.2, -0.15) is 5.10 Å². The molecule has 20 heavy (non-hydrogen) atoms. The fourth-order valence-electron chi connectivity index (χ4n) is 2.53. The number of nitrogens with zero attached hydrogens (tertiary/aromatic N) is 2. The van der Waals surface area contributed by atoms with Gasteiger partial charge < -0.3 is 5.32 Å². The van der Waals surface area contributed by atoms with Crippen LogP contribution in [0.3, 0.4) is 0 Å². The van der Waals surface area contributed by atoms with Crippen LogP contribution >= 0.6 is 0 Å². The van der Waals surface area contributed by atoms with E-state index in [0.29, 0.717) is 12.1 Å². The average molecular weight is 271 g/mol. The predicted molar refractivity (Wildman–Crippen MR) is 83.5 cm³/mol. The Bertz CT molecular complexity index is 464. The van der Waals surface area contributed by atoms with Gasteiger partial charge in [0.05, 0.1) is 6.54 Å². The highest BCUT2D eigenvalue weighted by Crippen LogP contribution is 2.20. The normalized spacial score (nSPS) is 14.1. The van der Waals surface area contributed by atoms with Crippen LogP contribution in [0.15, 0.2) is 48.8 Å². The first-order chi connectivity index (χ1) is 9.79. The van der Waals surface area contributed by atoms with E-state index < -0.39 is 0 Å². The first-order valence-electron chi connectivity index (χ1n) is 7.58. The zero-order chi connectivity index (χ0) is 14.2. The van der Waals surface area contributed by atoms with Gasteiger partial charge in [0.15, 0.2) is 0 Å². The standard InChI is InChI=1S/C17H25N3/c1-3-4-11-17(16-9-6-5-7-10-16)19-15(2)14-20-13-8-12-18-20/h5-10,12-13,15,17,19H,3-4,11,14H2,1-2H3. The van der Waals surface area contributed by atoms with Crippen molar-refractivity contribution in [2.45, 2.75) is 51.7 Å². The molecule has 0 amide bonds. The lowest BCUT2D eigenvalue weighted by Gasteiger charge is -2.24. The van der Waals surface area contributed by atoms with Gasteiger partial charge >= 0.3 is 0 Å². The minimum atomic E-state index is 0.400. The molecule has 0 saturated carbocycles. The van der Waals surface area contributed by atoms with Crippen LogP contribution in [-0.4, -0.2) is 15.8 Å². The van der Waals surface area contributed by atoms with Crippen molar-refractivity contribution in [2.24, 2.45) is 0 Å². The topological polar surface area (TPSA) is 29.9 Å². The van der Waals surface area contributed by atoms with E-state index in [4.69, 9.17) is 0 Å². The lowest BCUT2D eigenvalue weighted by atomic mass is 10.0. The first-order valence-corrected chi connectivity index (χ1v) is 7.58. The van der Waals surface area contributed by atoms with Crippen LogP contribution in [-0.2, 0) is 6.54 Å². The maximum Gasteiger partial charge on any atom is 0.0560 e. The van der Waals surface area contributed by atoms with Gasteiger partial charge in [0.25, 0.3) is 0 Å². The molecule has 108 valence electrons. The Morgan fingerprint density at radius 1 is 1.20 bits per heavy atom. The zero-order valence-electron chi connectivity index (χ0n) is 12.5. The van der Waals surface area contributed by atoms with Gasteiger partial charge in [0.1, 0.15) is 0 Å². The molecule has 0 fully saturated rings. The summed E-state index contributed by atoms with van der Waals surface area (Å²) in [4.78, 5) is 0. The average Bonchev–Trinajstić information content (AvgIpc) is 2.97. The van der Waals surface area contributed by atoms with E-state index in [1.165, 1.54) is 24.8 Å². The Morgan fingerprint density at radius 2 is 2.00 bits per heavy atom. The second-order valence-corrected chi connectivity index (χ2v) is 5.40. The van der Waals surface area contributed by atoms with E-state index in [2.05, 4.69) is 54.6 Å². The highest BCUT2D eigenvalue weighted by Gasteiger charge is 2.14. The number of benzene rings is 1. The number of unbranched alkanes of at least 4 members (excludes halogenated alkanes) is 1. The zero-order valence-corrected chi connectivity index (χ0v) is 12.5. The number of nitrogens with one attached hydrogen (secondary N) is 1. The maximum atomic E-state index is 4.28. The van der Waals surface area contributed by atoms with Gasteiger partial charge in [-0.05, 0) is 25.0 Å². The van der Waals surface area contributed by atoms with Gasteiger partial charge in [-0.3, -0.25) is 4.68 Å². The van der Waals surface area contributed by atoms with E-state index in [1.54, 1.807) is 0 Å². The lowest BCUT2D eigenvalue weighted by Crippen LogP contribution is -2.34. The fraction of sp³-hybridized carbons (Fsp3) is 0.471. The molecule has 0 aliphatic carbocycles. The molecule has 0 bridgehead atoms. The third-order valence-electron chi connectivity index (χ3n) is 3.55. The molecule has 1 heterocycles. The molecule has 0 spiro atoms. The van der Waals surface area contributed by atoms with Gasteiger partial charge in [0.2, 0.25) is 0 Å². The Balaban J connectivity index is 1.96. The van der Waals surface area contributed by atoms with E-state index in [1.807, 2.05) is 23.1 Å². The SMILES string of the molecule is CCCCC(NC(C)Cn1cccn1)c1ccccc1. The van der Waals surface area contributed by atoms with Crippen LogP contribution in [0.25, 0.3) is 0 Å². The molecular formula is C17H25N3. The van der Waals surface area contributed by atoms with Crippen LogP contribution in [0, 0.1) is 0 Å². The molecule has 2 unspecified atom stereocenters. The highest BCUT2D eigenvalue weighted by atomic mass is 15.3. The molecule has 1 aromatic carbocycles. The summed E-state index contributed by atoms with van der Waals surface area (Å²) in [7, 11) is 0. The van der Waals surface area contributed by atoms with Crippen molar-refractivity contribution in [1.29, 1.82) is 0 Å². The van der Waals surface area contributed by atoms with E-state index in [0.717, 1.165) is 6.54 Å². The van der Waals surface area contributed by atoms with Crippen LogP contribution in [0.2, 0.25) is 0 Å². The van der Waals surface area contributed by atoms with Crippen LogP contribution in [0.5, 0.6) is 0 Å². The van der Waals surface area contributed by atoms with Gasteiger partial charge in [-0.1, -0.05) is 50.1 Å². The Labute approximate surface area is 122 Å². The molecule has 0 aliphatic rings. The molecule has 0 saturated heterocycles. The molecule has 2 atom stereocenters. The third-order valence-corrected chi connectivity index (χ3v) is 3.55. The van der Waals surface area contributed by atoms with Crippen molar-refractivity contribution in [1.82, 2.24) is 15.1 Å². The number of hydrogen-bond donors (Lipinski definition) is 1. The predicted octanol–water partition coefficient (Wildman–Crippen LogP) is 3.79. The van der Waals surface area contributed by atoms with E-state index in [9.17, 15) is 0 Å². The molecule has 0 aliphatic heterocycles. The van der Waals surface area contributed by atoms with Crippen molar-refractivity contribution in [2.75, 3.05) is 0 Å².